The largest absolute Gasteiger partial charge is 0.399 e. The number of anilines is 1. The third kappa shape index (κ3) is 2.84. The molecule has 2 N–H and O–H groups in total. The van der Waals surface area contributed by atoms with E-state index in [2.05, 4.69) is 19.5 Å². The van der Waals surface area contributed by atoms with Crippen LogP contribution in [0, 0.1) is 6.92 Å². The predicted molar refractivity (Wildman–Crippen MR) is 47.1 cm³/mol. The molecule has 0 amide bonds. The number of hydrogen-bond donors (Lipinski definition) is 1. The van der Waals surface area contributed by atoms with Crippen LogP contribution in [0.4, 0.5) is 5.69 Å². The zero-order valence-electron chi connectivity index (χ0n) is 5.89. The zero-order chi connectivity index (χ0) is 7.98. The van der Waals surface area contributed by atoms with Gasteiger partial charge >= 0.3 is 0 Å². The Kier molecular flexibility index (Phi) is 4.97. The molecule has 1 nitrogen and oxygen atoms in total. The van der Waals surface area contributed by atoms with Crippen molar-refractivity contribution in [1.29, 1.82) is 0 Å². The number of nitrogen functional groups attached to an aromatic ring is 1. The molecule has 0 fully saturated rings. The minimum absolute atomic E-state index is 0.868. The third-order valence-electron chi connectivity index (χ3n) is 1.19. The predicted octanol–water partition coefficient (Wildman–Crippen LogP) is 0.816. The first-order chi connectivity index (χ1) is 4.80. The minimum atomic E-state index is 0.868. The van der Waals surface area contributed by atoms with Crippen molar-refractivity contribution in [2.24, 2.45) is 0 Å². The molecule has 0 bridgehead atoms. The van der Waals surface area contributed by atoms with E-state index in [4.69, 9.17) is 5.73 Å². The first kappa shape index (κ1) is 9.45. The van der Waals surface area contributed by atoms with Crippen LogP contribution in [0.5, 0.6) is 0 Å². The molecule has 10 heavy (non-hydrogen) atoms. The average molecular weight is 163 g/mol. The maximum atomic E-state index is 5.52. The molecule has 0 unspecified atom stereocenters. The maximum absolute atomic E-state index is 5.52. The van der Waals surface area contributed by atoms with E-state index >= 15 is 0 Å². The number of hydrogen-bond acceptors (Lipinski definition) is 1. The molecule has 1 rings (SSSR count). The van der Waals surface area contributed by atoms with Crippen molar-refractivity contribution in [3.8, 4) is 0 Å². The standard InChI is InChI=1S/C7H9N.Si2/c1-6-4-2-3-5-7(6)8;1-2/h2-5H,8H2,1H3;. The monoisotopic (exact) mass is 163 g/mol. The Morgan fingerprint density at radius 3 is 2.00 bits per heavy atom. The van der Waals surface area contributed by atoms with Crippen LogP contribution in [0.25, 0.3) is 0 Å². The van der Waals surface area contributed by atoms with Gasteiger partial charge in [-0.1, -0.05) is 18.2 Å². The van der Waals surface area contributed by atoms with Crippen LogP contribution < -0.4 is 5.73 Å². The summed E-state index contributed by atoms with van der Waals surface area (Å²) < 4.78 is 0. The Labute approximate surface area is 68.3 Å². The lowest BCUT2D eigenvalue weighted by Crippen LogP contribution is -1.85. The van der Waals surface area contributed by atoms with E-state index in [1.165, 1.54) is 0 Å². The zero-order valence-corrected chi connectivity index (χ0v) is 7.89. The first-order valence-corrected chi connectivity index (χ1v) is 4.87. The van der Waals surface area contributed by atoms with Crippen molar-refractivity contribution in [2.45, 2.75) is 6.92 Å². The van der Waals surface area contributed by atoms with Crippen molar-refractivity contribution in [3.05, 3.63) is 29.8 Å². The molecule has 0 aliphatic rings. The number of nitrogens with two attached hydrogens (primary N) is 1. The van der Waals surface area contributed by atoms with E-state index in [1.54, 1.807) is 0 Å². The third-order valence-corrected chi connectivity index (χ3v) is 1.19. The van der Waals surface area contributed by atoms with Gasteiger partial charge in [0, 0.05) is 25.2 Å². The van der Waals surface area contributed by atoms with Gasteiger partial charge in [-0.15, -0.1) is 0 Å². The highest BCUT2D eigenvalue weighted by molar-refractivity contribution is 6.75. The van der Waals surface area contributed by atoms with Gasteiger partial charge in [-0.2, -0.15) is 0 Å². The summed E-state index contributed by atoms with van der Waals surface area (Å²) in [7, 11) is 5.56. The van der Waals surface area contributed by atoms with Gasteiger partial charge in [-0.25, -0.2) is 0 Å². The van der Waals surface area contributed by atoms with Crippen molar-refractivity contribution < 1.29 is 0 Å². The van der Waals surface area contributed by atoms with Crippen LogP contribution in [0.15, 0.2) is 24.3 Å². The number of para-hydroxylation sites is 1. The lowest BCUT2D eigenvalue weighted by atomic mass is 10.2. The molecule has 0 saturated heterocycles. The summed E-state index contributed by atoms with van der Waals surface area (Å²) in [5, 5.41) is 0. The van der Waals surface area contributed by atoms with Gasteiger partial charge in [0.05, 0.1) is 0 Å². The lowest BCUT2D eigenvalue weighted by molar-refractivity contribution is 1.47. The van der Waals surface area contributed by atoms with Gasteiger partial charge in [0.15, 0.2) is 0 Å². The first-order valence-electron chi connectivity index (χ1n) is 2.87. The van der Waals surface area contributed by atoms with Gasteiger partial charge in [0.25, 0.3) is 0 Å². The van der Waals surface area contributed by atoms with Crippen molar-refractivity contribution in [2.75, 3.05) is 5.73 Å². The van der Waals surface area contributed by atoms with Crippen molar-refractivity contribution in [3.63, 3.8) is 0 Å². The van der Waals surface area contributed by atoms with E-state index in [1.807, 2.05) is 31.2 Å². The Morgan fingerprint density at radius 2 is 1.70 bits per heavy atom. The topological polar surface area (TPSA) is 26.0 Å². The summed E-state index contributed by atoms with van der Waals surface area (Å²) in [6, 6.07) is 7.80. The van der Waals surface area contributed by atoms with Crippen molar-refractivity contribution >= 4 is 25.2 Å². The Balaban J connectivity index is 0.000000371. The Morgan fingerprint density at radius 1 is 1.20 bits per heavy atom. The second kappa shape index (κ2) is 5.26. The highest BCUT2D eigenvalue weighted by Gasteiger charge is 1.84. The molecule has 0 heterocycles. The summed E-state index contributed by atoms with van der Waals surface area (Å²) in [5.74, 6) is 0. The number of rotatable bonds is 0. The molecule has 1 aromatic rings. The van der Waals surface area contributed by atoms with Crippen molar-refractivity contribution in [1.82, 2.24) is 0 Å². The van der Waals surface area contributed by atoms with Crippen LogP contribution in [0.2, 0.25) is 0 Å². The molecular formula is C7H9NSi2. The Bertz CT molecular complexity index is 168. The lowest BCUT2D eigenvalue weighted by Gasteiger charge is -1.93. The fourth-order valence-corrected chi connectivity index (χ4v) is 0.587. The van der Waals surface area contributed by atoms with Crippen LogP contribution >= 0.6 is 0 Å². The van der Waals surface area contributed by atoms with Crippen LogP contribution in [0.3, 0.4) is 0 Å². The van der Waals surface area contributed by atoms with E-state index in [9.17, 15) is 0 Å². The molecule has 1 aromatic carbocycles. The fourth-order valence-electron chi connectivity index (χ4n) is 0.587. The smallest absolute Gasteiger partial charge is 0.0343 e. The molecule has 0 aliphatic carbocycles. The molecule has 0 aromatic heterocycles. The number of benzene rings is 1. The van der Waals surface area contributed by atoms with Gasteiger partial charge < -0.3 is 5.73 Å². The molecule has 0 atom stereocenters. The second-order valence-electron chi connectivity index (χ2n) is 1.86. The molecule has 50 valence electrons. The molecule has 3 heteroatoms. The van der Waals surface area contributed by atoms with E-state index < -0.39 is 0 Å². The van der Waals surface area contributed by atoms with Gasteiger partial charge in [0.2, 0.25) is 0 Å². The fraction of sp³-hybridized carbons (Fsp3) is 0.143. The summed E-state index contributed by atoms with van der Waals surface area (Å²) in [5.41, 5.74) is 7.53. The van der Waals surface area contributed by atoms with Crippen LogP contribution in [-0.4, -0.2) is 19.5 Å². The summed E-state index contributed by atoms with van der Waals surface area (Å²) in [6.45, 7) is 2.00. The maximum Gasteiger partial charge on any atom is 0.0343 e. The summed E-state index contributed by atoms with van der Waals surface area (Å²) in [4.78, 5) is 0. The molecule has 0 spiro atoms. The minimum Gasteiger partial charge on any atom is -0.399 e. The normalized spacial score (nSPS) is 7.90. The van der Waals surface area contributed by atoms with Gasteiger partial charge in [-0.05, 0) is 18.6 Å². The second-order valence-corrected chi connectivity index (χ2v) is 1.86. The SMILES string of the molecule is Cc1ccccc1N.[Si][Si]. The highest BCUT2D eigenvalue weighted by Crippen LogP contribution is 2.06. The van der Waals surface area contributed by atoms with Crippen LogP contribution in [-0.2, 0) is 0 Å². The summed E-state index contributed by atoms with van der Waals surface area (Å²) >= 11 is 0. The van der Waals surface area contributed by atoms with Crippen LogP contribution in [0.1, 0.15) is 5.56 Å². The molecule has 0 saturated carbocycles. The molecule has 0 aliphatic heterocycles. The highest BCUT2D eigenvalue weighted by atomic mass is 29.1. The van der Waals surface area contributed by atoms with E-state index in [-0.39, 0.29) is 0 Å². The average Bonchev–Trinajstić information content (AvgIpc) is 2.00. The molecule has 6 radical (unpaired) electrons. The molecular weight excluding hydrogens is 154 g/mol. The van der Waals surface area contributed by atoms with Gasteiger partial charge in [0.1, 0.15) is 0 Å². The summed E-state index contributed by atoms with van der Waals surface area (Å²) in [6.07, 6.45) is 0. The quantitative estimate of drug-likeness (QED) is 0.445. The Hall–Kier alpha value is -0.546. The number of aryl methyl sites for hydroxylation is 1. The van der Waals surface area contributed by atoms with E-state index in [0.29, 0.717) is 0 Å². The van der Waals surface area contributed by atoms with Gasteiger partial charge in [-0.3, -0.25) is 0 Å². The van der Waals surface area contributed by atoms with E-state index in [0.717, 1.165) is 11.3 Å².